The summed E-state index contributed by atoms with van der Waals surface area (Å²) in [6.07, 6.45) is 3.59. The molecule has 0 bridgehead atoms. The predicted octanol–water partition coefficient (Wildman–Crippen LogP) is 5.20. The van der Waals surface area contributed by atoms with E-state index in [4.69, 9.17) is 28.3 Å². The van der Waals surface area contributed by atoms with Crippen LogP contribution < -0.4 is 0 Å². The number of carbonyl (C=O) groups is 2. The van der Waals surface area contributed by atoms with Gasteiger partial charge in [0.1, 0.15) is 11.6 Å². The van der Waals surface area contributed by atoms with Gasteiger partial charge in [0.05, 0.1) is 12.8 Å². The van der Waals surface area contributed by atoms with Gasteiger partial charge in [-0.2, -0.15) is 11.8 Å². The quantitative estimate of drug-likeness (QED) is 0.277. The Kier molecular flexibility index (Phi) is 11.4. The smallest absolute Gasteiger partial charge is 0.309 e. The Morgan fingerprint density at radius 1 is 0.816 bits per heavy atom. The van der Waals surface area contributed by atoms with Gasteiger partial charge >= 0.3 is 5.97 Å². The fourth-order valence-electron chi connectivity index (χ4n) is 3.66. The van der Waals surface area contributed by atoms with Crippen LogP contribution in [-0.4, -0.2) is 66.4 Å². The first-order chi connectivity index (χ1) is 17.9. The number of aromatic amines is 2. The number of halogens is 2. The molecule has 4 aromatic rings. The molecule has 8 nitrogen and oxygen atoms in total. The minimum absolute atomic E-state index is 0. The van der Waals surface area contributed by atoms with E-state index in [0.717, 1.165) is 47.2 Å². The summed E-state index contributed by atoms with van der Waals surface area (Å²) in [7, 11) is 0. The van der Waals surface area contributed by atoms with Crippen LogP contribution in [0.15, 0.2) is 60.9 Å². The van der Waals surface area contributed by atoms with Gasteiger partial charge in [0.25, 0.3) is 0 Å². The van der Waals surface area contributed by atoms with Crippen LogP contribution in [-0.2, 0) is 41.0 Å². The van der Waals surface area contributed by atoms with Crippen molar-refractivity contribution in [3.63, 3.8) is 0 Å². The number of carbonyl (C=O) groups excluding carboxylic acids is 1. The van der Waals surface area contributed by atoms with E-state index in [1.807, 2.05) is 53.1 Å². The summed E-state index contributed by atoms with van der Waals surface area (Å²) in [5, 5.41) is 9.97. The monoisotopic (exact) mass is 608 g/mol. The fraction of sp³-hybridized carbons (Fsp3) is 0.231. The van der Waals surface area contributed by atoms with Crippen molar-refractivity contribution in [2.75, 3.05) is 24.6 Å². The average Bonchev–Trinajstić information content (AvgIpc) is 3.55. The summed E-state index contributed by atoms with van der Waals surface area (Å²) >= 11 is 13.5. The maximum Gasteiger partial charge on any atom is 0.309 e. The summed E-state index contributed by atoms with van der Waals surface area (Å²) in [5.74, 6) is 2.76. The number of nitrogens with zero attached hydrogens (tertiary/aromatic N) is 3. The van der Waals surface area contributed by atoms with Crippen molar-refractivity contribution in [1.82, 2.24) is 24.8 Å². The van der Waals surface area contributed by atoms with Crippen molar-refractivity contribution < 1.29 is 33.3 Å². The molecule has 2 aromatic carbocycles. The van der Waals surface area contributed by atoms with Crippen molar-refractivity contribution >= 4 is 46.8 Å². The molecule has 3 N–H and O–H groups in total. The number of benzene rings is 2. The Labute approximate surface area is 246 Å². The average molecular weight is 609 g/mol. The van der Waals surface area contributed by atoms with E-state index in [2.05, 4.69) is 19.9 Å². The minimum atomic E-state index is -0.883. The first-order valence-corrected chi connectivity index (χ1v) is 13.5. The summed E-state index contributed by atoms with van der Waals surface area (Å²) in [4.78, 5) is 39.2. The Morgan fingerprint density at radius 2 is 1.26 bits per heavy atom. The SMILES string of the molecule is O=C(Cc1cnc(-c2ccc(Cl)cc2)[nH]1)N1CCSCC1.O=C(O)Cc1cnc(-c2ccc(Cl)cc2)[nH]1.[V]. The third-order valence-corrected chi connectivity index (χ3v) is 6.99. The number of imidazole rings is 2. The topological polar surface area (TPSA) is 115 Å². The zero-order valence-corrected chi connectivity index (χ0v) is 24.0. The van der Waals surface area contributed by atoms with Crippen LogP contribution in [0, 0.1) is 0 Å². The Hall–Kier alpha value is -2.69. The molecule has 1 aliphatic rings. The number of nitrogens with one attached hydrogen (secondary N) is 2. The molecule has 0 atom stereocenters. The first kappa shape index (κ1) is 29.9. The van der Waals surface area contributed by atoms with Gasteiger partial charge in [0, 0.05) is 88.1 Å². The molecule has 1 aliphatic heterocycles. The summed E-state index contributed by atoms with van der Waals surface area (Å²) < 4.78 is 0. The number of aromatic nitrogens is 4. The number of aliphatic carboxylic acids is 1. The molecule has 1 radical (unpaired) electrons. The third kappa shape index (κ3) is 8.68. The molecular weight excluding hydrogens is 584 g/mol. The summed E-state index contributed by atoms with van der Waals surface area (Å²) in [6, 6.07) is 14.7. The Bertz CT molecular complexity index is 1340. The van der Waals surface area contributed by atoms with E-state index in [1.54, 1.807) is 18.3 Å². The standard InChI is InChI=1S/C15H16ClN3OS.C11H9ClN2O2.V/c16-12-3-1-11(2-4-12)15-17-10-13(18-15)9-14(20)19-5-7-21-8-6-19;12-8-3-1-7(2-4-8)11-13-6-9(14-11)5-10(15)16;/h1-4,10H,5-9H2,(H,17,18);1-4,6H,5H2,(H,13,14)(H,15,16);. The van der Waals surface area contributed by atoms with Gasteiger partial charge in [-0.25, -0.2) is 9.97 Å². The molecule has 0 aliphatic carbocycles. The van der Waals surface area contributed by atoms with E-state index in [1.165, 1.54) is 6.20 Å². The molecule has 0 unspecified atom stereocenters. The molecule has 1 amide bonds. The molecule has 197 valence electrons. The zero-order chi connectivity index (χ0) is 26.2. The molecule has 38 heavy (non-hydrogen) atoms. The number of carboxylic acid groups (broad SMARTS) is 1. The molecule has 1 fully saturated rings. The number of amides is 1. The first-order valence-electron chi connectivity index (χ1n) is 11.5. The van der Waals surface area contributed by atoms with Crippen molar-refractivity contribution in [2.24, 2.45) is 0 Å². The Morgan fingerprint density at radius 3 is 1.71 bits per heavy atom. The fourth-order valence-corrected chi connectivity index (χ4v) is 4.81. The van der Waals surface area contributed by atoms with Crippen LogP contribution in [0.5, 0.6) is 0 Å². The molecule has 0 spiro atoms. The van der Waals surface area contributed by atoms with Gasteiger partial charge in [-0.1, -0.05) is 23.2 Å². The summed E-state index contributed by atoms with van der Waals surface area (Å²) in [5.41, 5.74) is 3.27. The summed E-state index contributed by atoms with van der Waals surface area (Å²) in [6.45, 7) is 1.70. The second-order valence-corrected chi connectivity index (χ2v) is 10.4. The number of hydrogen-bond acceptors (Lipinski definition) is 5. The van der Waals surface area contributed by atoms with Crippen LogP contribution in [0.3, 0.4) is 0 Å². The molecular formula is C26H25Cl2N5O3SV. The molecule has 12 heteroatoms. The van der Waals surface area contributed by atoms with Gasteiger partial charge in [-0.3, -0.25) is 9.59 Å². The van der Waals surface area contributed by atoms with Crippen LogP contribution in [0.4, 0.5) is 0 Å². The second kappa shape index (κ2) is 14.5. The van der Waals surface area contributed by atoms with Crippen LogP contribution in [0.1, 0.15) is 11.4 Å². The van der Waals surface area contributed by atoms with E-state index in [9.17, 15) is 9.59 Å². The van der Waals surface area contributed by atoms with Crippen molar-refractivity contribution in [3.8, 4) is 22.8 Å². The van der Waals surface area contributed by atoms with E-state index in [0.29, 0.717) is 28.0 Å². The predicted molar refractivity (Wildman–Crippen MR) is 147 cm³/mol. The van der Waals surface area contributed by atoms with E-state index in [-0.39, 0.29) is 30.9 Å². The maximum absolute atomic E-state index is 12.2. The third-order valence-electron chi connectivity index (χ3n) is 5.54. The zero-order valence-electron chi connectivity index (χ0n) is 20.2. The molecule has 3 heterocycles. The van der Waals surface area contributed by atoms with Gasteiger partial charge in [0.15, 0.2) is 0 Å². The van der Waals surface area contributed by atoms with E-state index < -0.39 is 5.97 Å². The molecule has 1 saturated heterocycles. The number of thioether (sulfide) groups is 1. The molecule has 5 rings (SSSR count). The number of H-pyrrole nitrogens is 2. The normalized spacial score (nSPS) is 12.7. The number of carboxylic acids is 1. The van der Waals surface area contributed by atoms with Crippen LogP contribution >= 0.6 is 35.0 Å². The van der Waals surface area contributed by atoms with Crippen molar-refractivity contribution in [1.29, 1.82) is 0 Å². The number of rotatable bonds is 6. The largest absolute Gasteiger partial charge is 0.481 e. The van der Waals surface area contributed by atoms with Crippen LogP contribution in [0.2, 0.25) is 10.0 Å². The minimum Gasteiger partial charge on any atom is -0.481 e. The second-order valence-electron chi connectivity index (χ2n) is 8.27. The number of hydrogen-bond donors (Lipinski definition) is 3. The van der Waals surface area contributed by atoms with Gasteiger partial charge in [-0.05, 0) is 48.5 Å². The van der Waals surface area contributed by atoms with Crippen molar-refractivity contribution in [2.45, 2.75) is 12.8 Å². The Balaban J connectivity index is 0.000000213. The maximum atomic E-state index is 12.2. The molecule has 2 aromatic heterocycles. The van der Waals surface area contributed by atoms with E-state index >= 15 is 0 Å². The van der Waals surface area contributed by atoms with Gasteiger partial charge < -0.3 is 20.0 Å². The van der Waals surface area contributed by atoms with Gasteiger partial charge in [-0.15, -0.1) is 0 Å². The van der Waals surface area contributed by atoms with Crippen molar-refractivity contribution in [3.05, 3.63) is 82.4 Å². The van der Waals surface area contributed by atoms with Gasteiger partial charge in [0.2, 0.25) is 5.91 Å². The molecule has 0 saturated carbocycles. The van der Waals surface area contributed by atoms with Crippen LogP contribution in [0.25, 0.3) is 22.8 Å².